The third-order valence-corrected chi connectivity index (χ3v) is 6.49. The van der Waals surface area contributed by atoms with E-state index in [0.29, 0.717) is 10.6 Å². The van der Waals surface area contributed by atoms with Crippen molar-refractivity contribution >= 4 is 23.4 Å². The van der Waals surface area contributed by atoms with E-state index in [1.54, 1.807) is 29.1 Å². The van der Waals surface area contributed by atoms with Gasteiger partial charge in [-0.1, -0.05) is 23.7 Å². The zero-order valence-corrected chi connectivity index (χ0v) is 21.6. The van der Waals surface area contributed by atoms with Crippen molar-refractivity contribution in [2.24, 2.45) is 0 Å². The van der Waals surface area contributed by atoms with Crippen LogP contribution < -0.4 is 0 Å². The highest BCUT2D eigenvalue weighted by atomic mass is 35.5. The minimum atomic E-state index is -0.559. The second-order valence-electron chi connectivity index (χ2n) is 10.1. The number of carbonyl (C=O) groups is 2. The first-order valence-electron chi connectivity index (χ1n) is 12.0. The van der Waals surface area contributed by atoms with Crippen LogP contribution in [0.4, 0.5) is 0 Å². The van der Waals surface area contributed by atoms with E-state index < -0.39 is 5.60 Å². The molecule has 8 nitrogen and oxygen atoms in total. The molecular weight excluding hydrogens is 490 g/mol. The fraction of sp³-hybridized carbons (Fsp3) is 0.286. The van der Waals surface area contributed by atoms with Crippen LogP contribution >= 0.6 is 11.6 Å². The maximum Gasteiger partial charge on any atom is 0.338 e. The molecule has 0 bridgehead atoms. The van der Waals surface area contributed by atoms with Crippen molar-refractivity contribution in [2.75, 3.05) is 0 Å². The number of ether oxygens (including phenoxy) is 1. The molecule has 9 heteroatoms. The van der Waals surface area contributed by atoms with E-state index in [0.717, 1.165) is 46.5 Å². The lowest BCUT2D eigenvalue weighted by molar-refractivity contribution is -0.119. The van der Waals surface area contributed by atoms with Crippen LogP contribution in [0, 0.1) is 0 Å². The number of aromatic nitrogens is 5. The average molecular weight is 516 g/mol. The third kappa shape index (κ3) is 5.44. The summed E-state index contributed by atoms with van der Waals surface area (Å²) in [6, 6.07) is 14.6. The molecule has 5 rings (SSSR count). The molecule has 2 aromatic heterocycles. The monoisotopic (exact) mass is 515 g/mol. The number of aryl methyl sites for hydroxylation is 1. The first-order chi connectivity index (χ1) is 17.7. The molecule has 188 valence electrons. The summed E-state index contributed by atoms with van der Waals surface area (Å²) in [5.41, 5.74) is 5.17. The quantitative estimate of drug-likeness (QED) is 0.326. The van der Waals surface area contributed by atoms with Crippen LogP contribution in [0.1, 0.15) is 60.3 Å². The zero-order valence-electron chi connectivity index (χ0n) is 20.8. The van der Waals surface area contributed by atoms with Gasteiger partial charge in [0.05, 0.1) is 22.9 Å². The Kier molecular flexibility index (Phi) is 6.60. The highest BCUT2D eigenvalue weighted by Gasteiger charge is 2.30. The van der Waals surface area contributed by atoms with E-state index in [1.807, 2.05) is 45.0 Å². The van der Waals surface area contributed by atoms with Gasteiger partial charge in [0.15, 0.2) is 0 Å². The molecule has 1 aliphatic carbocycles. The van der Waals surface area contributed by atoms with Gasteiger partial charge in [0, 0.05) is 28.8 Å². The van der Waals surface area contributed by atoms with Crippen molar-refractivity contribution in [2.45, 2.75) is 51.6 Å². The SMILES string of the molecule is CC(C)(C)OC(=O)c1ccc(CC(=O)C2CCc3cc(-c4cc(Cl)ccc4-n4cnnn4)cnc32)cc1. The number of rotatable bonds is 6. The molecule has 0 fully saturated rings. The van der Waals surface area contributed by atoms with Crippen LogP contribution in [0.5, 0.6) is 0 Å². The molecule has 1 atom stereocenters. The number of Topliss-reactive ketones (excluding diaryl/α,β-unsaturated/α-hetero) is 1. The van der Waals surface area contributed by atoms with Crippen molar-refractivity contribution in [3.63, 3.8) is 0 Å². The van der Waals surface area contributed by atoms with Crippen LogP contribution in [-0.4, -0.2) is 42.5 Å². The molecule has 2 heterocycles. The lowest BCUT2D eigenvalue weighted by Gasteiger charge is -2.19. The zero-order chi connectivity index (χ0) is 26.2. The first-order valence-corrected chi connectivity index (χ1v) is 12.4. The minimum Gasteiger partial charge on any atom is -0.456 e. The van der Waals surface area contributed by atoms with E-state index in [2.05, 4.69) is 21.6 Å². The number of fused-ring (bicyclic) bond motifs is 1. The number of carbonyl (C=O) groups excluding carboxylic acids is 2. The first kappa shape index (κ1) is 24.8. The maximum absolute atomic E-state index is 13.2. The van der Waals surface area contributed by atoms with Crippen molar-refractivity contribution in [3.8, 4) is 16.8 Å². The van der Waals surface area contributed by atoms with E-state index >= 15 is 0 Å². The van der Waals surface area contributed by atoms with Gasteiger partial charge in [-0.2, -0.15) is 4.68 Å². The van der Waals surface area contributed by atoms with Crippen LogP contribution in [-0.2, 0) is 22.4 Å². The normalized spacial score (nSPS) is 14.9. The van der Waals surface area contributed by atoms with Crippen LogP contribution in [0.15, 0.2) is 61.1 Å². The van der Waals surface area contributed by atoms with Gasteiger partial charge < -0.3 is 4.74 Å². The van der Waals surface area contributed by atoms with Crippen molar-refractivity contribution in [1.29, 1.82) is 0 Å². The Bertz CT molecular complexity index is 1460. The Hall–Kier alpha value is -3.91. The second kappa shape index (κ2) is 9.86. The van der Waals surface area contributed by atoms with Crippen molar-refractivity contribution < 1.29 is 14.3 Å². The van der Waals surface area contributed by atoms with Crippen LogP contribution in [0.2, 0.25) is 5.02 Å². The molecule has 37 heavy (non-hydrogen) atoms. The van der Waals surface area contributed by atoms with Gasteiger partial charge in [-0.3, -0.25) is 9.78 Å². The molecule has 0 amide bonds. The highest BCUT2D eigenvalue weighted by Crippen LogP contribution is 2.37. The summed E-state index contributed by atoms with van der Waals surface area (Å²) in [5.74, 6) is -0.521. The van der Waals surface area contributed by atoms with Gasteiger partial charge in [-0.25, -0.2) is 4.79 Å². The van der Waals surface area contributed by atoms with E-state index in [4.69, 9.17) is 21.3 Å². The Morgan fingerprint density at radius 3 is 2.59 bits per heavy atom. The summed E-state index contributed by atoms with van der Waals surface area (Å²) < 4.78 is 6.99. The van der Waals surface area contributed by atoms with Gasteiger partial charge >= 0.3 is 5.97 Å². The fourth-order valence-corrected chi connectivity index (χ4v) is 4.74. The summed E-state index contributed by atoms with van der Waals surface area (Å²) in [6.45, 7) is 5.49. The number of benzene rings is 2. The summed E-state index contributed by atoms with van der Waals surface area (Å²) in [4.78, 5) is 30.2. The van der Waals surface area contributed by atoms with Crippen LogP contribution in [0.25, 0.3) is 16.8 Å². The molecule has 0 spiro atoms. The lowest BCUT2D eigenvalue weighted by atomic mass is 9.95. The number of esters is 1. The fourth-order valence-electron chi connectivity index (χ4n) is 4.56. The Morgan fingerprint density at radius 1 is 1.11 bits per heavy atom. The highest BCUT2D eigenvalue weighted by molar-refractivity contribution is 6.31. The second-order valence-corrected chi connectivity index (χ2v) is 10.6. The summed E-state index contributed by atoms with van der Waals surface area (Å²) >= 11 is 6.29. The number of hydrogen-bond donors (Lipinski definition) is 0. The number of hydrogen-bond acceptors (Lipinski definition) is 7. The largest absolute Gasteiger partial charge is 0.456 e. The molecule has 0 aliphatic heterocycles. The standard InChI is InChI=1S/C28H26ClN5O3/c1-28(2,3)37-27(36)18-6-4-17(5-7-18)12-25(35)22-10-8-19-13-20(15-30-26(19)22)23-14-21(29)9-11-24(23)34-16-31-32-33-34/h4-7,9,11,13-16,22H,8,10,12H2,1-3H3. The molecule has 2 aromatic carbocycles. The lowest BCUT2D eigenvalue weighted by Crippen LogP contribution is -2.23. The van der Waals surface area contributed by atoms with E-state index in [-0.39, 0.29) is 24.1 Å². The molecule has 0 N–H and O–H groups in total. The third-order valence-electron chi connectivity index (χ3n) is 6.25. The van der Waals surface area contributed by atoms with Gasteiger partial charge in [0.1, 0.15) is 17.7 Å². The number of halogens is 1. The molecular formula is C28H26ClN5O3. The molecule has 0 saturated carbocycles. The van der Waals surface area contributed by atoms with Gasteiger partial charge in [-0.15, -0.1) is 5.10 Å². The Morgan fingerprint density at radius 2 is 1.89 bits per heavy atom. The summed E-state index contributed by atoms with van der Waals surface area (Å²) in [6.07, 6.45) is 5.07. The van der Waals surface area contributed by atoms with Crippen molar-refractivity contribution in [1.82, 2.24) is 25.2 Å². The molecule has 0 saturated heterocycles. The van der Waals surface area contributed by atoms with E-state index in [1.165, 1.54) is 6.33 Å². The van der Waals surface area contributed by atoms with Crippen molar-refractivity contribution in [3.05, 3.63) is 88.5 Å². The molecule has 0 radical (unpaired) electrons. The summed E-state index contributed by atoms with van der Waals surface area (Å²) in [5, 5.41) is 12.1. The van der Waals surface area contributed by atoms with Gasteiger partial charge in [0.2, 0.25) is 0 Å². The maximum atomic E-state index is 13.2. The Labute approximate surface area is 219 Å². The average Bonchev–Trinajstić information content (AvgIpc) is 3.53. The number of ketones is 1. The van der Waals surface area contributed by atoms with Gasteiger partial charge in [0.25, 0.3) is 0 Å². The van der Waals surface area contributed by atoms with Crippen LogP contribution in [0.3, 0.4) is 0 Å². The smallest absolute Gasteiger partial charge is 0.338 e. The topological polar surface area (TPSA) is 99.9 Å². The molecule has 1 aliphatic rings. The minimum absolute atomic E-state index is 0.112. The molecule has 1 unspecified atom stereocenters. The number of pyridine rings is 1. The predicted octanol–water partition coefficient (Wildman–Crippen LogP) is 5.17. The summed E-state index contributed by atoms with van der Waals surface area (Å²) in [7, 11) is 0. The number of tetrazole rings is 1. The van der Waals surface area contributed by atoms with E-state index in [9.17, 15) is 9.59 Å². The molecule has 4 aromatic rings. The number of nitrogens with zero attached hydrogens (tertiary/aromatic N) is 5. The van der Waals surface area contributed by atoms with Gasteiger partial charge in [-0.05, 0) is 91.6 Å². The Balaban J connectivity index is 1.33. The predicted molar refractivity (Wildman–Crippen MR) is 139 cm³/mol.